The molecule has 6 N–H and O–H groups in total. The normalized spacial score (nSPS) is 22.8. The molecule has 4 saturated heterocycles. The van der Waals surface area contributed by atoms with Gasteiger partial charge in [0.1, 0.15) is 17.7 Å². The zero-order valence-electron chi connectivity index (χ0n) is 37.4. The average molecular weight is 906 g/mol. The minimum Gasteiger partial charge on any atom is -0.480 e. The number of aromatic nitrogens is 2. The Bertz CT molecular complexity index is 2750. The van der Waals surface area contributed by atoms with Gasteiger partial charge in [-0.3, -0.25) is 19.3 Å². The smallest absolute Gasteiger partial charge is 0.327 e. The number of carbonyl (C=O) groups is 6. The van der Waals surface area contributed by atoms with Gasteiger partial charge in [-0.2, -0.15) is 0 Å². The molecule has 16 nitrogen and oxygen atoms in total. The molecule has 3 aromatic carbocycles. The summed E-state index contributed by atoms with van der Waals surface area (Å²) in [5, 5.41) is 15.1. The molecular formula is C51H55N9O7. The Labute approximate surface area is 388 Å². The molecule has 0 aliphatic carbocycles. The highest BCUT2D eigenvalue weighted by Gasteiger charge is 2.57. The molecule has 4 aliphatic rings. The number of β-lactam (4-membered cyclic amide) rings is 2. The fourth-order valence-electron chi connectivity index (χ4n) is 10.5. The van der Waals surface area contributed by atoms with E-state index >= 15 is 0 Å². The van der Waals surface area contributed by atoms with E-state index in [0.717, 1.165) is 74.1 Å². The monoisotopic (exact) mass is 905 g/mol. The van der Waals surface area contributed by atoms with Crippen molar-refractivity contribution in [1.29, 1.82) is 0 Å². The van der Waals surface area contributed by atoms with Crippen LogP contribution in [-0.4, -0.2) is 115 Å². The lowest BCUT2D eigenvalue weighted by molar-refractivity contribution is -0.166. The molecule has 0 saturated carbocycles. The summed E-state index contributed by atoms with van der Waals surface area (Å²) >= 11 is 0. The number of piperidine rings is 2. The first-order valence-corrected chi connectivity index (χ1v) is 23.2. The van der Waals surface area contributed by atoms with Crippen LogP contribution in [0.3, 0.4) is 0 Å². The Morgan fingerprint density at radius 3 is 1.82 bits per heavy atom. The summed E-state index contributed by atoms with van der Waals surface area (Å²) in [5.41, 5.74) is 17.4. The quantitative estimate of drug-likeness (QED) is 0.116. The number of pyridine rings is 2. The first-order chi connectivity index (χ1) is 32.4. The number of nitrogens with one attached hydrogen (secondary N) is 1. The molecule has 7 amide bonds. The van der Waals surface area contributed by atoms with Crippen molar-refractivity contribution in [3.8, 4) is 11.1 Å². The number of aliphatic carboxylic acids is 1. The van der Waals surface area contributed by atoms with Gasteiger partial charge in [0.15, 0.2) is 6.04 Å². The van der Waals surface area contributed by atoms with Crippen molar-refractivity contribution in [2.75, 3.05) is 44.2 Å². The van der Waals surface area contributed by atoms with Crippen LogP contribution in [0.25, 0.3) is 21.9 Å². The Hall–Kier alpha value is -7.36. The molecule has 16 heteroatoms. The van der Waals surface area contributed by atoms with Crippen LogP contribution in [0, 0.1) is 11.8 Å². The fourth-order valence-corrected chi connectivity index (χ4v) is 10.5. The van der Waals surface area contributed by atoms with E-state index in [4.69, 9.17) is 11.5 Å². The van der Waals surface area contributed by atoms with Gasteiger partial charge < -0.3 is 31.7 Å². The summed E-state index contributed by atoms with van der Waals surface area (Å²) in [6.45, 7) is 4.11. The number of carboxylic acid groups (broad SMARTS) is 1. The second kappa shape index (κ2) is 18.9. The van der Waals surface area contributed by atoms with E-state index in [1.165, 1.54) is 6.20 Å². The molecule has 4 fully saturated rings. The predicted octanol–water partition coefficient (Wildman–Crippen LogP) is 5.81. The summed E-state index contributed by atoms with van der Waals surface area (Å²) in [7, 11) is 0. The summed E-state index contributed by atoms with van der Waals surface area (Å²) in [4.78, 5) is 93.9. The number of benzene rings is 3. The number of nitrogen functional groups attached to an aromatic ring is 2. The molecule has 5 aromatic rings. The van der Waals surface area contributed by atoms with Crippen molar-refractivity contribution in [2.45, 2.75) is 75.8 Å². The number of hydrogen-bond acceptors (Lipinski definition) is 10. The summed E-state index contributed by atoms with van der Waals surface area (Å²) < 4.78 is 0. The second-order valence-corrected chi connectivity index (χ2v) is 18.3. The van der Waals surface area contributed by atoms with E-state index in [9.17, 15) is 33.9 Å². The SMILES string of the molecule is CCCNC(=O)[C@@H]1[C@@H](Cc2ccnc(N)c2)C(=O)N1C(=O)N1CCC[C@@H](c2ccc(-c3cccc4cc(C5CCCN(C(=O)N6C(=O)[C@H](Cc7ccnc(N)c7)[C@H]6C(=O)O)C5)ccc34)cc2)C1. The van der Waals surface area contributed by atoms with Gasteiger partial charge in [-0.1, -0.05) is 67.6 Å². The molecular weight excluding hydrogens is 851 g/mol. The van der Waals surface area contributed by atoms with Gasteiger partial charge in [0.2, 0.25) is 17.7 Å². The Kier molecular flexibility index (Phi) is 12.6. The zero-order valence-corrected chi connectivity index (χ0v) is 37.4. The number of carbonyl (C=O) groups excluding carboxylic acids is 5. The van der Waals surface area contributed by atoms with Crippen LogP contribution in [0.1, 0.15) is 73.1 Å². The van der Waals surface area contributed by atoms with Crippen LogP contribution in [0.5, 0.6) is 0 Å². The van der Waals surface area contributed by atoms with Crippen LogP contribution in [0.4, 0.5) is 21.2 Å². The number of rotatable bonds is 11. The third-order valence-corrected chi connectivity index (χ3v) is 14.0. The molecule has 0 bridgehead atoms. The average Bonchev–Trinajstić information content (AvgIpc) is 3.34. The lowest BCUT2D eigenvalue weighted by Crippen LogP contribution is -2.71. The molecule has 67 heavy (non-hydrogen) atoms. The number of urea groups is 2. The van der Waals surface area contributed by atoms with Gasteiger partial charge in [0.25, 0.3) is 0 Å². The van der Waals surface area contributed by atoms with E-state index in [1.54, 1.807) is 40.3 Å². The van der Waals surface area contributed by atoms with Crippen molar-refractivity contribution in [3.05, 3.63) is 120 Å². The minimum absolute atomic E-state index is 0.00103. The Morgan fingerprint density at radius 2 is 1.25 bits per heavy atom. The van der Waals surface area contributed by atoms with E-state index in [2.05, 4.69) is 69.9 Å². The number of amides is 7. The summed E-state index contributed by atoms with van der Waals surface area (Å²) in [6, 6.07) is 24.5. The Morgan fingerprint density at radius 1 is 0.701 bits per heavy atom. The largest absolute Gasteiger partial charge is 0.480 e. The highest BCUT2D eigenvalue weighted by molar-refractivity contribution is 6.09. The summed E-state index contributed by atoms with van der Waals surface area (Å²) in [6.07, 6.45) is 7.43. The van der Waals surface area contributed by atoms with Crippen molar-refractivity contribution in [2.24, 2.45) is 11.8 Å². The van der Waals surface area contributed by atoms with Crippen LogP contribution in [-0.2, 0) is 32.0 Å². The van der Waals surface area contributed by atoms with Crippen molar-refractivity contribution >= 4 is 58.2 Å². The molecule has 4 aliphatic heterocycles. The number of likely N-dealkylation sites (tertiary alicyclic amines) is 4. The number of imide groups is 2. The molecule has 346 valence electrons. The topological polar surface area (TPSA) is 225 Å². The number of fused-ring (bicyclic) bond motifs is 1. The molecule has 0 radical (unpaired) electrons. The Balaban J connectivity index is 0.852. The number of carboxylic acids is 1. The van der Waals surface area contributed by atoms with Crippen molar-refractivity contribution in [3.63, 3.8) is 0 Å². The van der Waals surface area contributed by atoms with E-state index in [1.807, 2.05) is 13.0 Å². The van der Waals surface area contributed by atoms with E-state index in [0.29, 0.717) is 50.5 Å². The van der Waals surface area contributed by atoms with Crippen LogP contribution in [0.2, 0.25) is 0 Å². The number of nitrogens with zero attached hydrogens (tertiary/aromatic N) is 6. The van der Waals surface area contributed by atoms with Gasteiger partial charge in [-0.25, -0.2) is 29.3 Å². The molecule has 6 heterocycles. The van der Waals surface area contributed by atoms with Crippen LogP contribution in [0.15, 0.2) is 97.3 Å². The standard InChI is InChI=1S/C51H55N9O7/c1-2-18-56-46(61)44-40(23-30-16-19-54-42(52)25-30)47(62)59(44)50(66)57-21-4-7-36(28-57)32-10-12-33(13-11-32)38-9-3-6-35-27-34(14-15-39(35)38)37-8-5-22-58(29-37)51(67)60-45(49(64)65)41(48(60)63)24-31-17-20-55-43(53)26-31/h3,6,9-17,19-20,25-27,36-37,40-41,44-45H,2,4-5,7-8,18,21-24,28-29H2,1H3,(H2,52,54)(H2,53,55)(H,56,61)(H,64,65)/t36-,37?,40-,41-,44+,45+/m1/s1. The first-order valence-electron chi connectivity index (χ1n) is 23.2. The van der Waals surface area contributed by atoms with E-state index in [-0.39, 0.29) is 42.3 Å². The van der Waals surface area contributed by atoms with Gasteiger partial charge in [-0.05, 0) is 113 Å². The van der Waals surface area contributed by atoms with Gasteiger partial charge in [0, 0.05) is 57.0 Å². The first kappa shape index (κ1) is 44.8. The fraction of sp³-hybridized carbons (Fsp3) is 0.373. The van der Waals surface area contributed by atoms with Gasteiger partial charge in [0.05, 0.1) is 11.8 Å². The van der Waals surface area contributed by atoms with Crippen LogP contribution < -0.4 is 16.8 Å². The number of nitrogens with two attached hydrogens (primary N) is 2. The molecule has 1 unspecified atom stereocenters. The number of anilines is 2. The van der Waals surface area contributed by atoms with Gasteiger partial charge >= 0.3 is 18.0 Å². The lowest BCUT2D eigenvalue weighted by atomic mass is 9.81. The minimum atomic E-state index is -1.26. The van der Waals surface area contributed by atoms with Crippen molar-refractivity contribution < 1.29 is 33.9 Å². The molecule has 0 spiro atoms. The molecule has 9 rings (SSSR count). The number of hydrogen-bond donors (Lipinski definition) is 4. The maximum absolute atomic E-state index is 14.1. The maximum Gasteiger partial charge on any atom is 0.327 e. The third-order valence-electron chi connectivity index (χ3n) is 14.0. The lowest BCUT2D eigenvalue weighted by Gasteiger charge is -2.47. The third kappa shape index (κ3) is 8.87. The maximum atomic E-state index is 14.1. The molecule has 6 atom stereocenters. The second-order valence-electron chi connectivity index (χ2n) is 18.3. The highest BCUT2D eigenvalue weighted by Crippen LogP contribution is 2.38. The van der Waals surface area contributed by atoms with Gasteiger partial charge in [-0.15, -0.1) is 0 Å². The summed E-state index contributed by atoms with van der Waals surface area (Å²) in [5.74, 6) is -3.32. The van der Waals surface area contributed by atoms with Crippen molar-refractivity contribution in [1.82, 2.24) is 34.9 Å². The van der Waals surface area contributed by atoms with E-state index < -0.39 is 47.9 Å². The van der Waals surface area contributed by atoms with Crippen LogP contribution >= 0.6 is 0 Å². The predicted molar refractivity (Wildman–Crippen MR) is 251 cm³/mol. The zero-order chi connectivity index (χ0) is 46.9. The highest BCUT2D eigenvalue weighted by atomic mass is 16.4. The molecule has 2 aromatic heterocycles.